The molecule has 0 spiro atoms. The second-order valence-corrected chi connectivity index (χ2v) is 4.42. The van der Waals surface area contributed by atoms with Gasteiger partial charge in [0.05, 0.1) is 11.3 Å². The minimum absolute atomic E-state index is 0.108. The summed E-state index contributed by atoms with van der Waals surface area (Å²) in [7, 11) is 0. The Labute approximate surface area is 124 Å². The van der Waals surface area contributed by atoms with Gasteiger partial charge >= 0.3 is 11.9 Å². The Bertz CT molecular complexity index is 735. The molecule has 1 heterocycles. The number of hydrogen-bond donors (Lipinski definition) is 3. The summed E-state index contributed by atoms with van der Waals surface area (Å²) in [5.74, 6) is -2.71. The Kier molecular flexibility index (Phi) is 4.16. The summed E-state index contributed by atoms with van der Waals surface area (Å²) in [5, 5.41) is 27.3. The van der Waals surface area contributed by atoms with Gasteiger partial charge in [-0.15, -0.1) is 5.10 Å². The first-order valence-electron chi connectivity index (χ1n) is 6.15. The number of anilines is 1. The number of carbonyl (C=O) groups is 3. The van der Waals surface area contributed by atoms with Crippen LogP contribution in [0.4, 0.5) is 5.69 Å². The minimum atomic E-state index is -1.21. The van der Waals surface area contributed by atoms with Gasteiger partial charge in [0.15, 0.2) is 5.69 Å². The van der Waals surface area contributed by atoms with Crippen molar-refractivity contribution in [2.24, 2.45) is 0 Å². The minimum Gasteiger partial charge on any atom is -0.478 e. The van der Waals surface area contributed by atoms with Crippen molar-refractivity contribution < 1.29 is 24.6 Å². The number of rotatable bonds is 5. The van der Waals surface area contributed by atoms with E-state index < -0.39 is 17.8 Å². The third kappa shape index (κ3) is 3.26. The van der Waals surface area contributed by atoms with Crippen molar-refractivity contribution in [3.05, 3.63) is 41.2 Å². The summed E-state index contributed by atoms with van der Waals surface area (Å²) >= 11 is 0. The molecule has 0 atom stereocenters. The standard InChI is InChI=1S/C13H12N4O5/c1-7-11(13(21)22)15-16-17(7)6-10(18)14-9-4-2-8(3-5-9)12(19)20/h2-5H,6H2,1H3,(H,14,18)(H,19,20)(H,21,22). The maximum atomic E-state index is 11.9. The molecule has 0 unspecified atom stereocenters. The van der Waals surface area contributed by atoms with Crippen LogP contribution in [0.25, 0.3) is 0 Å². The lowest BCUT2D eigenvalue weighted by atomic mass is 10.2. The van der Waals surface area contributed by atoms with Crippen molar-refractivity contribution >= 4 is 23.5 Å². The van der Waals surface area contributed by atoms with E-state index in [1.807, 2.05) is 0 Å². The maximum Gasteiger partial charge on any atom is 0.358 e. The average Bonchev–Trinajstić information content (AvgIpc) is 2.80. The van der Waals surface area contributed by atoms with E-state index in [2.05, 4.69) is 15.6 Å². The summed E-state index contributed by atoms with van der Waals surface area (Å²) in [6.45, 7) is 1.30. The van der Waals surface area contributed by atoms with Gasteiger partial charge in [-0.2, -0.15) is 0 Å². The number of benzene rings is 1. The molecule has 9 nitrogen and oxygen atoms in total. The van der Waals surface area contributed by atoms with Crippen molar-refractivity contribution in [2.75, 3.05) is 5.32 Å². The SMILES string of the molecule is Cc1c(C(=O)O)nnn1CC(=O)Nc1ccc(C(=O)O)cc1. The summed E-state index contributed by atoms with van der Waals surface area (Å²) in [6, 6.07) is 5.64. The number of amides is 1. The van der Waals surface area contributed by atoms with Crippen LogP contribution in [-0.2, 0) is 11.3 Å². The molecule has 0 saturated heterocycles. The fourth-order valence-corrected chi connectivity index (χ4v) is 1.74. The predicted molar refractivity (Wildman–Crippen MR) is 73.7 cm³/mol. The topological polar surface area (TPSA) is 134 Å². The first-order chi connectivity index (χ1) is 10.4. The molecule has 2 aromatic rings. The molecule has 1 aromatic heterocycles. The van der Waals surface area contributed by atoms with E-state index >= 15 is 0 Å². The second-order valence-electron chi connectivity index (χ2n) is 4.42. The molecule has 0 fully saturated rings. The number of hydrogen-bond acceptors (Lipinski definition) is 5. The lowest BCUT2D eigenvalue weighted by molar-refractivity contribution is -0.117. The van der Waals surface area contributed by atoms with E-state index in [4.69, 9.17) is 10.2 Å². The molecule has 0 aliphatic carbocycles. The van der Waals surface area contributed by atoms with Crippen LogP contribution in [0.5, 0.6) is 0 Å². The van der Waals surface area contributed by atoms with Crippen LogP contribution in [0, 0.1) is 6.92 Å². The molecule has 1 aromatic carbocycles. The molecule has 0 radical (unpaired) electrons. The van der Waals surface area contributed by atoms with Crippen LogP contribution in [0.15, 0.2) is 24.3 Å². The van der Waals surface area contributed by atoms with E-state index in [-0.39, 0.29) is 23.5 Å². The molecule has 2 rings (SSSR count). The molecule has 3 N–H and O–H groups in total. The highest BCUT2D eigenvalue weighted by Gasteiger charge is 2.16. The smallest absolute Gasteiger partial charge is 0.358 e. The first kappa shape index (κ1) is 15.2. The third-order valence-electron chi connectivity index (χ3n) is 2.89. The third-order valence-corrected chi connectivity index (χ3v) is 2.89. The highest BCUT2D eigenvalue weighted by Crippen LogP contribution is 2.10. The fraction of sp³-hybridized carbons (Fsp3) is 0.154. The summed E-state index contributed by atoms with van der Waals surface area (Å²) in [4.78, 5) is 33.4. The van der Waals surface area contributed by atoms with Crippen LogP contribution in [0.1, 0.15) is 26.5 Å². The number of nitrogens with one attached hydrogen (secondary N) is 1. The van der Waals surface area contributed by atoms with Gasteiger partial charge in [0.1, 0.15) is 6.54 Å². The Hall–Kier alpha value is -3.23. The van der Waals surface area contributed by atoms with Crippen LogP contribution in [0.2, 0.25) is 0 Å². The maximum absolute atomic E-state index is 11.9. The summed E-state index contributed by atoms with van der Waals surface area (Å²) in [6.07, 6.45) is 0. The average molecular weight is 304 g/mol. The van der Waals surface area contributed by atoms with Crippen LogP contribution in [-0.4, -0.2) is 43.1 Å². The van der Waals surface area contributed by atoms with Crippen LogP contribution >= 0.6 is 0 Å². The molecule has 22 heavy (non-hydrogen) atoms. The quantitative estimate of drug-likeness (QED) is 0.737. The number of carboxylic acids is 2. The molecule has 114 valence electrons. The van der Waals surface area contributed by atoms with Crippen LogP contribution < -0.4 is 5.32 Å². The molecular formula is C13H12N4O5. The van der Waals surface area contributed by atoms with Gasteiger partial charge in [-0.3, -0.25) is 4.79 Å². The zero-order valence-corrected chi connectivity index (χ0v) is 11.5. The Balaban J connectivity index is 2.04. The summed E-state index contributed by atoms with van der Waals surface area (Å²) < 4.78 is 1.17. The molecular weight excluding hydrogens is 292 g/mol. The Morgan fingerprint density at radius 3 is 2.27 bits per heavy atom. The van der Waals surface area contributed by atoms with Crippen molar-refractivity contribution in [3.63, 3.8) is 0 Å². The number of carbonyl (C=O) groups excluding carboxylic acids is 1. The normalized spacial score (nSPS) is 10.2. The predicted octanol–water partition coefficient (Wildman–Crippen LogP) is 0.622. The zero-order valence-electron chi connectivity index (χ0n) is 11.5. The van der Waals surface area contributed by atoms with Crippen molar-refractivity contribution in [2.45, 2.75) is 13.5 Å². The highest BCUT2D eigenvalue weighted by atomic mass is 16.4. The monoisotopic (exact) mass is 304 g/mol. The zero-order chi connectivity index (χ0) is 16.3. The molecule has 1 amide bonds. The Morgan fingerprint density at radius 1 is 1.14 bits per heavy atom. The number of carboxylic acid groups (broad SMARTS) is 2. The van der Waals surface area contributed by atoms with E-state index in [1.165, 1.54) is 35.9 Å². The van der Waals surface area contributed by atoms with E-state index in [0.717, 1.165) is 0 Å². The number of nitrogens with zero attached hydrogens (tertiary/aromatic N) is 3. The van der Waals surface area contributed by atoms with E-state index in [0.29, 0.717) is 5.69 Å². The number of aromatic nitrogens is 3. The fourth-order valence-electron chi connectivity index (χ4n) is 1.74. The second kappa shape index (κ2) is 6.04. The van der Waals surface area contributed by atoms with Gasteiger partial charge < -0.3 is 15.5 Å². The lowest BCUT2D eigenvalue weighted by Gasteiger charge is -2.06. The molecule has 0 aliphatic rings. The van der Waals surface area contributed by atoms with Gasteiger partial charge in [0.2, 0.25) is 5.91 Å². The van der Waals surface area contributed by atoms with Gasteiger partial charge in [-0.25, -0.2) is 14.3 Å². The number of aromatic carboxylic acids is 2. The van der Waals surface area contributed by atoms with Gasteiger partial charge in [-0.1, -0.05) is 5.21 Å². The van der Waals surface area contributed by atoms with Gasteiger partial charge in [0.25, 0.3) is 0 Å². The van der Waals surface area contributed by atoms with Crippen molar-refractivity contribution in [3.8, 4) is 0 Å². The molecule has 0 saturated carbocycles. The highest BCUT2D eigenvalue weighted by molar-refractivity contribution is 5.92. The Morgan fingerprint density at radius 2 is 1.77 bits per heavy atom. The molecule has 9 heteroatoms. The largest absolute Gasteiger partial charge is 0.478 e. The van der Waals surface area contributed by atoms with Gasteiger partial charge in [0, 0.05) is 5.69 Å². The van der Waals surface area contributed by atoms with Gasteiger partial charge in [-0.05, 0) is 31.2 Å². The van der Waals surface area contributed by atoms with Crippen molar-refractivity contribution in [1.29, 1.82) is 0 Å². The van der Waals surface area contributed by atoms with E-state index in [1.54, 1.807) is 0 Å². The summed E-state index contributed by atoms with van der Waals surface area (Å²) in [5.41, 5.74) is 0.588. The molecule has 0 bridgehead atoms. The van der Waals surface area contributed by atoms with Crippen molar-refractivity contribution in [1.82, 2.24) is 15.0 Å². The first-order valence-corrected chi connectivity index (χ1v) is 6.15. The lowest BCUT2D eigenvalue weighted by Crippen LogP contribution is -2.20. The van der Waals surface area contributed by atoms with Crippen LogP contribution in [0.3, 0.4) is 0 Å². The van der Waals surface area contributed by atoms with E-state index in [9.17, 15) is 14.4 Å². The molecule has 0 aliphatic heterocycles.